The number of esters is 1. The van der Waals surface area contributed by atoms with Crippen LogP contribution in [0.4, 0.5) is 16.4 Å². The molecule has 2 N–H and O–H groups in total. The highest BCUT2D eigenvalue weighted by molar-refractivity contribution is 7.80. The number of non-ortho nitro benzene ring substituents is 1. The Morgan fingerprint density at radius 1 is 1.16 bits per heavy atom. The number of nitro groups is 1. The lowest BCUT2D eigenvalue weighted by Crippen LogP contribution is -2.20. The van der Waals surface area contributed by atoms with E-state index in [4.69, 9.17) is 21.7 Å². The molecule has 0 unspecified atom stereocenters. The van der Waals surface area contributed by atoms with E-state index in [-0.39, 0.29) is 23.2 Å². The van der Waals surface area contributed by atoms with Gasteiger partial charge in [-0.2, -0.15) is 0 Å². The van der Waals surface area contributed by atoms with Gasteiger partial charge in [-0.15, -0.1) is 11.3 Å². The molecule has 0 fully saturated rings. The number of hydrogen-bond acceptors (Lipinski definition) is 7. The van der Waals surface area contributed by atoms with Gasteiger partial charge in [-0.25, -0.2) is 4.79 Å². The molecule has 3 rings (SSSR count). The second-order valence-electron chi connectivity index (χ2n) is 6.16. The van der Waals surface area contributed by atoms with Gasteiger partial charge in [0.25, 0.3) is 5.69 Å². The van der Waals surface area contributed by atoms with E-state index >= 15 is 0 Å². The quantitative estimate of drug-likeness (QED) is 0.213. The monoisotopic (exact) mass is 457 g/mol. The zero-order valence-electron chi connectivity index (χ0n) is 16.7. The number of thiophene rings is 1. The van der Waals surface area contributed by atoms with E-state index in [2.05, 4.69) is 10.6 Å². The molecule has 0 bridgehead atoms. The van der Waals surface area contributed by atoms with Crippen LogP contribution in [-0.2, 0) is 4.74 Å². The average molecular weight is 458 g/mol. The number of carbonyl (C=O) groups excluding carboxylic acids is 1. The number of carbonyl (C=O) groups is 1. The van der Waals surface area contributed by atoms with Gasteiger partial charge >= 0.3 is 5.97 Å². The van der Waals surface area contributed by atoms with Crippen LogP contribution in [0, 0.1) is 10.1 Å². The Labute approximate surface area is 188 Å². The minimum Gasteiger partial charge on any atom is -0.494 e. The van der Waals surface area contributed by atoms with Crippen LogP contribution in [0.3, 0.4) is 0 Å². The molecule has 31 heavy (non-hydrogen) atoms. The fourth-order valence-corrected chi connectivity index (χ4v) is 4.08. The Morgan fingerprint density at radius 2 is 1.90 bits per heavy atom. The minimum absolute atomic E-state index is 0.100. The maximum atomic E-state index is 12.4. The van der Waals surface area contributed by atoms with Gasteiger partial charge in [-0.05, 0) is 36.8 Å². The first-order chi connectivity index (χ1) is 14.9. The van der Waals surface area contributed by atoms with Gasteiger partial charge < -0.3 is 20.1 Å². The van der Waals surface area contributed by atoms with Crippen molar-refractivity contribution in [3.8, 4) is 16.2 Å². The summed E-state index contributed by atoms with van der Waals surface area (Å²) in [6.07, 6.45) is 0. The highest BCUT2D eigenvalue weighted by atomic mass is 32.1. The molecule has 2 aromatic carbocycles. The van der Waals surface area contributed by atoms with Crippen molar-refractivity contribution in [2.24, 2.45) is 0 Å². The molecule has 1 heterocycles. The summed E-state index contributed by atoms with van der Waals surface area (Å²) < 4.78 is 10.4. The fraction of sp³-hybridized carbons (Fsp3) is 0.143. The standard InChI is InChI=1S/C21H19N3O5S2/c1-3-29-20(25)15-12-18(13-7-5-4-6-8-13)31-19(15)23-21(30)22-16-10-9-14(24(26)27)11-17(16)28-2/h4-12H,3H2,1-2H3,(H2,22,23,30). The second kappa shape index (κ2) is 10.0. The number of benzene rings is 2. The van der Waals surface area contributed by atoms with Crippen molar-refractivity contribution < 1.29 is 19.2 Å². The van der Waals surface area contributed by atoms with Gasteiger partial charge in [0.15, 0.2) is 5.11 Å². The maximum absolute atomic E-state index is 12.4. The number of ether oxygens (including phenoxy) is 2. The van der Waals surface area contributed by atoms with Gasteiger partial charge in [-0.1, -0.05) is 30.3 Å². The fourth-order valence-electron chi connectivity index (χ4n) is 2.74. The lowest BCUT2D eigenvalue weighted by molar-refractivity contribution is -0.384. The predicted octanol–water partition coefficient (Wildman–Crippen LogP) is 5.32. The first-order valence-corrected chi connectivity index (χ1v) is 10.4. The van der Waals surface area contributed by atoms with Crippen molar-refractivity contribution >= 4 is 51.0 Å². The smallest absolute Gasteiger partial charge is 0.341 e. The number of thiocarbonyl (C=S) groups is 1. The van der Waals surface area contributed by atoms with Crippen LogP contribution in [0.2, 0.25) is 0 Å². The Bertz CT molecular complexity index is 1120. The maximum Gasteiger partial charge on any atom is 0.341 e. The van der Waals surface area contributed by atoms with Crippen molar-refractivity contribution in [1.82, 2.24) is 0 Å². The van der Waals surface area contributed by atoms with E-state index in [1.54, 1.807) is 13.0 Å². The van der Waals surface area contributed by atoms with Gasteiger partial charge in [0.2, 0.25) is 0 Å². The molecule has 0 aliphatic heterocycles. The molecule has 0 aliphatic rings. The Morgan fingerprint density at radius 3 is 2.55 bits per heavy atom. The summed E-state index contributed by atoms with van der Waals surface area (Å²) in [5.41, 5.74) is 1.67. The third kappa shape index (κ3) is 5.36. The Balaban J connectivity index is 1.86. The molecule has 0 radical (unpaired) electrons. The summed E-state index contributed by atoms with van der Waals surface area (Å²) in [6, 6.07) is 15.5. The van der Waals surface area contributed by atoms with Gasteiger partial charge in [-0.3, -0.25) is 10.1 Å². The molecule has 0 saturated heterocycles. The predicted molar refractivity (Wildman–Crippen MR) is 125 cm³/mol. The number of nitrogens with one attached hydrogen (secondary N) is 2. The summed E-state index contributed by atoms with van der Waals surface area (Å²) in [4.78, 5) is 23.8. The number of methoxy groups -OCH3 is 1. The van der Waals surface area contributed by atoms with Crippen LogP contribution in [0.5, 0.6) is 5.75 Å². The largest absolute Gasteiger partial charge is 0.494 e. The summed E-state index contributed by atoms with van der Waals surface area (Å²) >= 11 is 6.75. The Kier molecular flexibility index (Phi) is 7.16. The summed E-state index contributed by atoms with van der Waals surface area (Å²) in [5, 5.41) is 17.7. The van der Waals surface area contributed by atoms with Crippen molar-refractivity contribution in [2.75, 3.05) is 24.4 Å². The van der Waals surface area contributed by atoms with Gasteiger partial charge in [0.05, 0.1) is 36.0 Å². The molecule has 10 heteroatoms. The van der Waals surface area contributed by atoms with Crippen molar-refractivity contribution in [2.45, 2.75) is 6.92 Å². The highest BCUT2D eigenvalue weighted by Gasteiger charge is 2.20. The van der Waals surface area contributed by atoms with Gasteiger partial charge in [0.1, 0.15) is 10.8 Å². The summed E-state index contributed by atoms with van der Waals surface area (Å²) in [7, 11) is 1.41. The third-order valence-corrected chi connectivity index (χ3v) is 5.46. The molecule has 0 aliphatic carbocycles. The van der Waals surface area contributed by atoms with Crippen LogP contribution in [0.15, 0.2) is 54.6 Å². The second-order valence-corrected chi connectivity index (χ2v) is 7.62. The molecule has 0 saturated carbocycles. The van der Waals surface area contributed by atoms with Crippen molar-refractivity contribution in [3.63, 3.8) is 0 Å². The number of anilines is 2. The Hall–Kier alpha value is -3.50. The lowest BCUT2D eigenvalue weighted by atomic mass is 10.1. The normalized spacial score (nSPS) is 10.3. The molecule has 8 nitrogen and oxygen atoms in total. The van der Waals surface area contributed by atoms with E-state index in [9.17, 15) is 14.9 Å². The molecule has 1 aromatic heterocycles. The van der Waals surface area contributed by atoms with E-state index in [1.807, 2.05) is 30.3 Å². The summed E-state index contributed by atoms with van der Waals surface area (Å²) in [5.74, 6) is -0.195. The summed E-state index contributed by atoms with van der Waals surface area (Å²) in [6.45, 7) is 1.99. The van der Waals surface area contributed by atoms with Crippen LogP contribution >= 0.6 is 23.6 Å². The molecule has 3 aromatic rings. The number of hydrogen-bond donors (Lipinski definition) is 2. The van der Waals surface area contributed by atoms with E-state index in [1.165, 1.54) is 36.6 Å². The molecular weight excluding hydrogens is 438 g/mol. The zero-order chi connectivity index (χ0) is 22.4. The van der Waals surface area contributed by atoms with Crippen LogP contribution in [-0.4, -0.2) is 29.7 Å². The minimum atomic E-state index is -0.509. The van der Waals surface area contributed by atoms with E-state index < -0.39 is 10.9 Å². The van der Waals surface area contributed by atoms with Crippen LogP contribution in [0.25, 0.3) is 10.4 Å². The number of nitrogens with zero attached hydrogens (tertiary/aromatic N) is 1. The van der Waals surface area contributed by atoms with Crippen LogP contribution < -0.4 is 15.4 Å². The highest BCUT2D eigenvalue weighted by Crippen LogP contribution is 2.36. The molecule has 0 spiro atoms. The van der Waals surface area contributed by atoms with E-state index in [0.29, 0.717) is 16.3 Å². The SMILES string of the molecule is CCOC(=O)c1cc(-c2ccccc2)sc1NC(=S)Nc1ccc([N+](=O)[O-])cc1OC. The third-order valence-electron chi connectivity index (χ3n) is 4.16. The average Bonchev–Trinajstić information content (AvgIpc) is 3.18. The van der Waals surface area contributed by atoms with Crippen molar-refractivity contribution in [3.05, 3.63) is 70.3 Å². The molecule has 0 atom stereocenters. The van der Waals surface area contributed by atoms with Gasteiger partial charge in [0, 0.05) is 10.9 Å². The first kappa shape index (κ1) is 22.2. The molecule has 160 valence electrons. The van der Waals surface area contributed by atoms with E-state index in [0.717, 1.165) is 10.4 Å². The molecule has 0 amide bonds. The topological polar surface area (TPSA) is 103 Å². The lowest BCUT2D eigenvalue weighted by Gasteiger charge is -2.13. The van der Waals surface area contributed by atoms with Crippen LogP contribution in [0.1, 0.15) is 17.3 Å². The number of rotatable bonds is 7. The number of nitro benzene ring substituents is 1. The first-order valence-electron chi connectivity index (χ1n) is 9.19. The van der Waals surface area contributed by atoms with Crippen molar-refractivity contribution in [1.29, 1.82) is 0 Å². The molecular formula is C21H19N3O5S2. The zero-order valence-corrected chi connectivity index (χ0v) is 18.3.